The van der Waals surface area contributed by atoms with Crippen molar-refractivity contribution in [3.63, 3.8) is 0 Å². The third-order valence-corrected chi connectivity index (χ3v) is 6.41. The Morgan fingerprint density at radius 3 is 2.52 bits per heavy atom. The van der Waals surface area contributed by atoms with Gasteiger partial charge in [0.05, 0.1) is 5.56 Å². The van der Waals surface area contributed by atoms with Crippen molar-refractivity contribution < 1.29 is 22.0 Å². The average molecular weight is 385 g/mol. The van der Waals surface area contributed by atoms with Gasteiger partial charge >= 0.3 is 0 Å². The lowest BCUT2D eigenvalue weighted by atomic mass is 9.88. The summed E-state index contributed by atoms with van der Waals surface area (Å²) in [4.78, 5) is 28.1. The zero-order chi connectivity index (χ0) is 17.3. The summed E-state index contributed by atoms with van der Waals surface area (Å²) in [6.45, 7) is 6.12. The summed E-state index contributed by atoms with van der Waals surface area (Å²) in [5.41, 5.74) is 7.22. The van der Waals surface area contributed by atoms with Crippen LogP contribution in [-0.4, -0.2) is 29.3 Å². The predicted molar refractivity (Wildman–Crippen MR) is 97.3 cm³/mol. The molecule has 1 aliphatic heterocycles. The molecule has 2 heterocycles. The van der Waals surface area contributed by atoms with Crippen LogP contribution in [0.4, 0.5) is 5.00 Å². The van der Waals surface area contributed by atoms with Gasteiger partial charge in [-0.05, 0) is 38.7 Å². The van der Waals surface area contributed by atoms with Crippen molar-refractivity contribution in [3.8, 4) is 0 Å². The molecule has 25 heavy (non-hydrogen) atoms. The van der Waals surface area contributed by atoms with Crippen LogP contribution in [0, 0.1) is 5.92 Å². The topological polar surface area (TPSA) is 75.4 Å². The Morgan fingerprint density at radius 2 is 1.92 bits per heavy atom. The van der Waals surface area contributed by atoms with E-state index in [0.717, 1.165) is 50.8 Å². The first-order chi connectivity index (χ1) is 11.5. The number of hydrogen-bond donors (Lipinski definition) is 2. The fraction of sp³-hybridized carbons (Fsp3) is 0.667. The molecule has 1 aliphatic carbocycles. The van der Waals surface area contributed by atoms with Gasteiger partial charge in [-0.25, -0.2) is 0 Å². The molecule has 1 aromatic rings. The lowest BCUT2D eigenvalue weighted by Crippen LogP contribution is -3.00. The van der Waals surface area contributed by atoms with Crippen LogP contribution in [0.2, 0.25) is 0 Å². The molecular formula is C18H27ClN3O2S-. The van der Waals surface area contributed by atoms with Gasteiger partial charge < -0.3 is 23.5 Å². The highest BCUT2D eigenvalue weighted by Crippen LogP contribution is 2.38. The molecule has 0 atom stereocenters. The van der Waals surface area contributed by atoms with E-state index in [1.54, 1.807) is 0 Å². The van der Waals surface area contributed by atoms with Gasteiger partial charge in [0.25, 0.3) is 5.91 Å². The molecule has 0 aromatic carbocycles. The van der Waals surface area contributed by atoms with Gasteiger partial charge in [-0.15, -0.1) is 11.3 Å². The Hall–Kier alpha value is -1.11. The number of thiophene rings is 1. The summed E-state index contributed by atoms with van der Waals surface area (Å²) in [6.07, 6.45) is 6.17. The number of anilines is 1. The Morgan fingerprint density at radius 1 is 1.24 bits per heavy atom. The van der Waals surface area contributed by atoms with E-state index in [-0.39, 0.29) is 24.2 Å². The summed E-state index contributed by atoms with van der Waals surface area (Å²) in [5.74, 6) is -0.299. The van der Waals surface area contributed by atoms with E-state index in [9.17, 15) is 9.59 Å². The number of nitrogens with two attached hydrogens (primary N) is 1. The van der Waals surface area contributed by atoms with Gasteiger partial charge in [0.1, 0.15) is 5.00 Å². The van der Waals surface area contributed by atoms with Crippen molar-refractivity contribution in [3.05, 3.63) is 16.0 Å². The summed E-state index contributed by atoms with van der Waals surface area (Å²) in [7, 11) is 0. The van der Waals surface area contributed by atoms with Crippen LogP contribution in [-0.2, 0) is 17.8 Å². The first-order valence-corrected chi connectivity index (χ1v) is 9.78. The summed E-state index contributed by atoms with van der Waals surface area (Å²) in [5, 5.41) is 3.68. The highest BCUT2D eigenvalue weighted by molar-refractivity contribution is 7.17. The minimum atomic E-state index is -0.426. The number of carbonyl (C=O) groups excluding carboxylic acids is 2. The number of carbonyl (C=O) groups is 2. The van der Waals surface area contributed by atoms with E-state index in [1.807, 2.05) is 0 Å². The Kier molecular flexibility index (Phi) is 6.88. The van der Waals surface area contributed by atoms with E-state index < -0.39 is 5.91 Å². The normalized spacial score (nSPS) is 18.5. The van der Waals surface area contributed by atoms with E-state index >= 15 is 0 Å². The maximum atomic E-state index is 12.6. The van der Waals surface area contributed by atoms with E-state index in [1.165, 1.54) is 22.6 Å². The van der Waals surface area contributed by atoms with E-state index in [4.69, 9.17) is 5.73 Å². The lowest BCUT2D eigenvalue weighted by molar-refractivity contribution is -0.120. The third kappa shape index (κ3) is 4.36. The smallest absolute Gasteiger partial charge is 0.251 e. The molecule has 3 rings (SSSR count). The molecule has 0 spiro atoms. The number of fused-ring (bicyclic) bond motifs is 1. The van der Waals surface area contributed by atoms with Crippen LogP contribution in [0.15, 0.2) is 0 Å². The van der Waals surface area contributed by atoms with E-state index in [0.29, 0.717) is 16.6 Å². The monoisotopic (exact) mass is 384 g/mol. The molecule has 3 N–H and O–H groups in total. The second kappa shape index (κ2) is 8.52. The fourth-order valence-electron chi connectivity index (χ4n) is 3.79. The minimum absolute atomic E-state index is 0. The van der Waals surface area contributed by atoms with Gasteiger partial charge in [0, 0.05) is 29.9 Å². The molecule has 140 valence electrons. The third-order valence-electron chi connectivity index (χ3n) is 5.28. The number of nitrogens with one attached hydrogen (secondary N) is 1. The van der Waals surface area contributed by atoms with Crippen LogP contribution < -0.4 is 23.5 Å². The number of hydrogen-bond acceptors (Lipinski definition) is 4. The Balaban J connectivity index is 0.00000225. The van der Waals surface area contributed by atoms with Gasteiger partial charge in [-0.2, -0.15) is 0 Å². The predicted octanol–water partition coefficient (Wildman–Crippen LogP) is 0.136. The molecule has 0 bridgehead atoms. The SMILES string of the molecule is CC(C)N1CCc2c(sc(NC(=O)C3CCCCC3)c2C(N)=O)C1.[Cl-]. The molecule has 1 saturated carbocycles. The number of nitrogens with zero attached hydrogens (tertiary/aromatic N) is 1. The number of amides is 2. The molecule has 1 aromatic heterocycles. The molecule has 5 nitrogen and oxygen atoms in total. The van der Waals surface area contributed by atoms with Crippen LogP contribution in [0.3, 0.4) is 0 Å². The zero-order valence-corrected chi connectivity index (χ0v) is 16.5. The zero-order valence-electron chi connectivity index (χ0n) is 14.9. The molecule has 2 aliphatic rings. The molecule has 0 saturated heterocycles. The average Bonchev–Trinajstić information content (AvgIpc) is 2.92. The molecular weight excluding hydrogens is 358 g/mol. The van der Waals surface area contributed by atoms with Gasteiger partial charge in [-0.3, -0.25) is 14.5 Å². The van der Waals surface area contributed by atoms with Crippen LogP contribution >= 0.6 is 11.3 Å². The van der Waals surface area contributed by atoms with Crippen molar-refractivity contribution >= 4 is 28.2 Å². The second-order valence-electron chi connectivity index (χ2n) is 7.21. The Bertz CT molecular complexity index is 639. The largest absolute Gasteiger partial charge is 1.00 e. The highest BCUT2D eigenvalue weighted by atomic mass is 35.5. The lowest BCUT2D eigenvalue weighted by Gasteiger charge is -2.30. The van der Waals surface area contributed by atoms with Crippen molar-refractivity contribution in [2.45, 2.75) is 65.0 Å². The van der Waals surface area contributed by atoms with E-state index in [2.05, 4.69) is 24.1 Å². The van der Waals surface area contributed by atoms with Crippen LogP contribution in [0.1, 0.15) is 66.8 Å². The van der Waals surface area contributed by atoms with Crippen LogP contribution in [0.5, 0.6) is 0 Å². The Labute approximate surface area is 159 Å². The van der Waals surface area contributed by atoms with Gasteiger partial charge in [0.15, 0.2) is 0 Å². The maximum absolute atomic E-state index is 12.6. The molecule has 0 unspecified atom stereocenters. The first-order valence-electron chi connectivity index (χ1n) is 8.96. The van der Waals surface area contributed by atoms with Gasteiger partial charge in [-0.1, -0.05) is 19.3 Å². The summed E-state index contributed by atoms with van der Waals surface area (Å²) >= 11 is 1.53. The number of primary amides is 1. The highest BCUT2D eigenvalue weighted by Gasteiger charge is 2.30. The number of halogens is 1. The first kappa shape index (κ1) is 20.2. The van der Waals surface area contributed by atoms with Crippen molar-refractivity contribution in [2.24, 2.45) is 11.7 Å². The molecule has 1 fully saturated rings. The molecule has 0 radical (unpaired) electrons. The standard InChI is InChI=1S/C18H27N3O2S.ClH/c1-11(2)21-9-8-13-14(10-21)24-18(15(13)16(19)22)20-17(23)12-6-4-3-5-7-12;/h11-12H,3-10H2,1-2H3,(H2,19,22)(H,20,23);1H/p-1. The minimum Gasteiger partial charge on any atom is -1.00 e. The molecule has 7 heteroatoms. The van der Waals surface area contributed by atoms with Gasteiger partial charge in [0.2, 0.25) is 5.91 Å². The fourth-order valence-corrected chi connectivity index (χ4v) is 5.07. The second-order valence-corrected chi connectivity index (χ2v) is 8.32. The van der Waals surface area contributed by atoms with Crippen molar-refractivity contribution in [1.82, 2.24) is 4.90 Å². The summed E-state index contributed by atoms with van der Waals surface area (Å²) in [6, 6.07) is 0.470. The van der Waals surface area contributed by atoms with Crippen LogP contribution in [0.25, 0.3) is 0 Å². The summed E-state index contributed by atoms with van der Waals surface area (Å²) < 4.78 is 0. The quantitative estimate of drug-likeness (QED) is 0.775. The maximum Gasteiger partial charge on any atom is 0.251 e. The number of rotatable bonds is 4. The molecule has 2 amide bonds. The van der Waals surface area contributed by atoms with Crippen molar-refractivity contribution in [2.75, 3.05) is 11.9 Å². The van der Waals surface area contributed by atoms with Crippen molar-refractivity contribution in [1.29, 1.82) is 0 Å².